The summed E-state index contributed by atoms with van der Waals surface area (Å²) in [6, 6.07) is 10.9. The third kappa shape index (κ3) is 5.49. The van der Waals surface area contributed by atoms with Gasteiger partial charge in [0.15, 0.2) is 0 Å². The van der Waals surface area contributed by atoms with Crippen LogP contribution in [0.25, 0.3) is 0 Å². The van der Waals surface area contributed by atoms with Crippen LogP contribution in [0, 0.1) is 11.8 Å². The number of alkyl carbamates (subject to hydrolysis) is 1. The molecule has 0 aliphatic heterocycles. The van der Waals surface area contributed by atoms with E-state index in [1.165, 1.54) is 17.4 Å². The van der Waals surface area contributed by atoms with E-state index >= 15 is 0 Å². The number of hydrogen-bond donors (Lipinski definition) is 2. The van der Waals surface area contributed by atoms with Crippen LogP contribution in [0.4, 0.5) is 4.79 Å². The Hall–Kier alpha value is -2.78. The first-order valence-electron chi connectivity index (χ1n) is 6.91. The van der Waals surface area contributed by atoms with Crippen molar-refractivity contribution >= 4 is 23.4 Å². The maximum Gasteiger partial charge on any atom is 0.407 e. The predicted octanol–water partition coefficient (Wildman–Crippen LogP) is 3.11. The number of thiophene rings is 1. The first-order chi connectivity index (χ1) is 11.2. The highest BCUT2D eigenvalue weighted by atomic mass is 32.1. The predicted molar refractivity (Wildman–Crippen MR) is 87.4 cm³/mol. The Labute approximate surface area is 137 Å². The normalized spacial score (nSPS) is 9.57. The van der Waals surface area contributed by atoms with Crippen molar-refractivity contribution in [3.63, 3.8) is 0 Å². The molecule has 0 radical (unpaired) electrons. The van der Waals surface area contributed by atoms with E-state index in [1.54, 1.807) is 5.38 Å². The number of carbonyl (C=O) groups excluding carboxylic acids is 1. The molecule has 2 rings (SSSR count). The molecule has 23 heavy (non-hydrogen) atoms. The highest BCUT2D eigenvalue weighted by Crippen LogP contribution is 2.15. The Bertz CT molecular complexity index is 728. The van der Waals surface area contributed by atoms with E-state index in [0.29, 0.717) is 17.8 Å². The van der Waals surface area contributed by atoms with Crippen LogP contribution in [0.1, 0.15) is 27.2 Å². The van der Waals surface area contributed by atoms with Crippen molar-refractivity contribution in [3.05, 3.63) is 57.8 Å². The molecule has 0 spiro atoms. The van der Waals surface area contributed by atoms with Crippen molar-refractivity contribution in [2.45, 2.75) is 13.0 Å². The van der Waals surface area contributed by atoms with Gasteiger partial charge in [0.25, 0.3) is 0 Å². The van der Waals surface area contributed by atoms with Crippen molar-refractivity contribution in [1.29, 1.82) is 0 Å². The highest BCUT2D eigenvalue weighted by Gasteiger charge is 2.08. The Morgan fingerprint density at radius 3 is 2.74 bits per heavy atom. The van der Waals surface area contributed by atoms with E-state index in [1.807, 2.05) is 30.3 Å². The molecule has 0 aliphatic rings. The lowest BCUT2D eigenvalue weighted by atomic mass is 10.2. The van der Waals surface area contributed by atoms with Crippen molar-refractivity contribution in [1.82, 2.24) is 5.32 Å². The van der Waals surface area contributed by atoms with Gasteiger partial charge in [0.2, 0.25) is 0 Å². The number of benzene rings is 1. The summed E-state index contributed by atoms with van der Waals surface area (Å²) in [6.45, 7) is 0.559. The van der Waals surface area contributed by atoms with Crippen molar-refractivity contribution in [2.75, 3.05) is 6.54 Å². The average Bonchev–Trinajstić information content (AvgIpc) is 3.02. The maximum atomic E-state index is 11.5. The summed E-state index contributed by atoms with van der Waals surface area (Å²) in [5, 5.41) is 13.2. The first kappa shape index (κ1) is 16.6. The zero-order valence-corrected chi connectivity index (χ0v) is 13.1. The van der Waals surface area contributed by atoms with E-state index in [0.717, 1.165) is 5.56 Å². The Morgan fingerprint density at radius 2 is 2.00 bits per heavy atom. The van der Waals surface area contributed by atoms with Crippen molar-refractivity contribution < 1.29 is 19.4 Å². The molecule has 5 nitrogen and oxygen atoms in total. The van der Waals surface area contributed by atoms with E-state index in [9.17, 15) is 9.59 Å². The molecule has 0 bridgehead atoms. The van der Waals surface area contributed by atoms with E-state index < -0.39 is 12.1 Å². The topological polar surface area (TPSA) is 75.6 Å². The minimum absolute atomic E-state index is 0.206. The summed E-state index contributed by atoms with van der Waals surface area (Å²) in [7, 11) is 0. The molecule has 0 fully saturated rings. The zero-order valence-electron chi connectivity index (χ0n) is 12.2. The lowest BCUT2D eigenvalue weighted by Crippen LogP contribution is -2.24. The summed E-state index contributed by atoms with van der Waals surface area (Å²) < 4.78 is 5.06. The Kier molecular flexibility index (Phi) is 6.21. The van der Waals surface area contributed by atoms with Crippen molar-refractivity contribution in [3.8, 4) is 11.8 Å². The Morgan fingerprint density at radius 1 is 1.22 bits per heavy atom. The van der Waals surface area contributed by atoms with E-state index in [4.69, 9.17) is 9.84 Å². The largest absolute Gasteiger partial charge is 0.478 e. The van der Waals surface area contributed by atoms with Gasteiger partial charge in [0.1, 0.15) is 6.61 Å². The van der Waals surface area contributed by atoms with Gasteiger partial charge >= 0.3 is 12.1 Å². The van der Waals surface area contributed by atoms with Crippen LogP contribution < -0.4 is 5.32 Å². The summed E-state index contributed by atoms with van der Waals surface area (Å²) in [6.07, 6.45) is -0.0878. The van der Waals surface area contributed by atoms with E-state index in [-0.39, 0.29) is 12.2 Å². The zero-order chi connectivity index (χ0) is 16.5. The maximum absolute atomic E-state index is 11.5. The smallest absolute Gasteiger partial charge is 0.407 e. The van der Waals surface area contributed by atoms with Crippen LogP contribution in [-0.4, -0.2) is 23.7 Å². The van der Waals surface area contributed by atoms with Crippen LogP contribution in [0.15, 0.2) is 41.8 Å². The molecule has 118 valence electrons. The number of aromatic carboxylic acids is 1. The molecule has 0 unspecified atom stereocenters. The van der Waals surface area contributed by atoms with E-state index in [2.05, 4.69) is 17.2 Å². The molecule has 0 atom stereocenters. The fraction of sp³-hybridized carbons (Fsp3) is 0.176. The van der Waals surface area contributed by atoms with Gasteiger partial charge in [-0.1, -0.05) is 42.2 Å². The summed E-state index contributed by atoms with van der Waals surface area (Å²) in [5.41, 5.74) is 1.12. The van der Waals surface area contributed by atoms with Crippen molar-refractivity contribution in [2.24, 2.45) is 0 Å². The standard InChI is InChI=1S/C17H15NO4S/c19-16(20)14-9-11-23-15(14)8-4-5-10-18-17(21)22-12-13-6-2-1-3-7-13/h1-3,6-7,9,11H,5,10,12H2,(H,18,21)(H,19,20). The Balaban J connectivity index is 1.69. The lowest BCUT2D eigenvalue weighted by molar-refractivity contribution is 0.0697. The van der Waals surface area contributed by atoms with Gasteiger partial charge in [-0.2, -0.15) is 0 Å². The van der Waals surface area contributed by atoms with Crippen LogP contribution in [0.5, 0.6) is 0 Å². The number of hydrogen-bond acceptors (Lipinski definition) is 4. The molecule has 1 aromatic heterocycles. The molecule has 6 heteroatoms. The van der Waals surface area contributed by atoms with Gasteiger partial charge in [-0.25, -0.2) is 9.59 Å². The molecule has 2 aromatic rings. The second-order valence-electron chi connectivity index (χ2n) is 4.51. The molecule has 2 N–H and O–H groups in total. The summed E-state index contributed by atoms with van der Waals surface area (Å²) >= 11 is 1.28. The molecule has 0 saturated heterocycles. The van der Waals surface area contributed by atoms with Crippen LogP contribution in [0.3, 0.4) is 0 Å². The number of rotatable bonds is 5. The first-order valence-corrected chi connectivity index (χ1v) is 7.79. The average molecular weight is 329 g/mol. The van der Waals surface area contributed by atoms with Gasteiger partial charge < -0.3 is 15.2 Å². The third-order valence-corrected chi connectivity index (χ3v) is 3.66. The van der Waals surface area contributed by atoms with Crippen LogP contribution >= 0.6 is 11.3 Å². The molecule has 1 amide bonds. The van der Waals surface area contributed by atoms with Gasteiger partial charge in [-0.05, 0) is 17.0 Å². The number of carbonyl (C=O) groups is 2. The highest BCUT2D eigenvalue weighted by molar-refractivity contribution is 7.10. The monoisotopic (exact) mass is 329 g/mol. The molecule has 1 aromatic carbocycles. The number of carboxylic acids is 1. The molecular weight excluding hydrogens is 314 g/mol. The van der Waals surface area contributed by atoms with Gasteiger partial charge in [0, 0.05) is 13.0 Å². The quantitative estimate of drug-likeness (QED) is 0.653. The van der Waals surface area contributed by atoms with Crippen LogP contribution in [-0.2, 0) is 11.3 Å². The molecule has 0 saturated carbocycles. The molecule has 1 heterocycles. The fourth-order valence-corrected chi connectivity index (χ4v) is 2.47. The van der Waals surface area contributed by atoms with Gasteiger partial charge in [-0.3, -0.25) is 0 Å². The molecule has 0 aliphatic carbocycles. The number of carboxylic acid groups (broad SMARTS) is 1. The lowest BCUT2D eigenvalue weighted by Gasteiger charge is -2.05. The van der Waals surface area contributed by atoms with Gasteiger partial charge in [0.05, 0.1) is 10.4 Å². The SMILES string of the molecule is O=C(NCCC#Cc1sccc1C(=O)O)OCc1ccccc1. The number of nitrogens with one attached hydrogen (secondary N) is 1. The van der Waals surface area contributed by atoms with Crippen LogP contribution in [0.2, 0.25) is 0 Å². The second kappa shape index (κ2) is 8.61. The minimum Gasteiger partial charge on any atom is -0.478 e. The third-order valence-electron chi connectivity index (χ3n) is 2.83. The minimum atomic E-state index is -0.988. The van der Waals surface area contributed by atoms with Gasteiger partial charge in [-0.15, -0.1) is 11.3 Å². The second-order valence-corrected chi connectivity index (χ2v) is 5.42. The fourth-order valence-electron chi connectivity index (χ4n) is 1.72. The number of amides is 1. The summed E-state index contributed by atoms with van der Waals surface area (Å²) in [5.74, 6) is 4.65. The number of ether oxygens (including phenoxy) is 1. The summed E-state index contributed by atoms with van der Waals surface area (Å²) in [4.78, 5) is 22.9. The molecular formula is C17H15NO4S.